The van der Waals surface area contributed by atoms with E-state index < -0.39 is 23.7 Å². The Morgan fingerprint density at radius 1 is 1.28 bits per heavy atom. The minimum atomic E-state index is -0.908. The Bertz CT molecular complexity index is 846. The van der Waals surface area contributed by atoms with Crippen LogP contribution in [0.25, 0.3) is 5.69 Å². The number of halogens is 1. The van der Waals surface area contributed by atoms with Gasteiger partial charge in [-0.1, -0.05) is 0 Å². The van der Waals surface area contributed by atoms with Crippen molar-refractivity contribution in [3.05, 3.63) is 47.0 Å². The molecule has 2 atom stereocenters. The van der Waals surface area contributed by atoms with Gasteiger partial charge in [0.15, 0.2) is 0 Å². The second-order valence-corrected chi connectivity index (χ2v) is 6.48. The van der Waals surface area contributed by atoms with Crippen LogP contribution in [-0.2, 0) is 4.79 Å². The number of amides is 1. The molecule has 2 heterocycles. The molecule has 0 saturated carbocycles. The van der Waals surface area contributed by atoms with Crippen molar-refractivity contribution in [1.29, 1.82) is 0 Å². The lowest BCUT2D eigenvalue weighted by molar-refractivity contribution is -0.142. The zero-order chi connectivity index (χ0) is 18.3. The largest absolute Gasteiger partial charge is 0.481 e. The number of carboxylic acids is 1. The fourth-order valence-corrected chi connectivity index (χ4v) is 3.41. The normalized spacial score (nSPS) is 20.1. The third-order valence-electron chi connectivity index (χ3n) is 4.77. The maximum Gasteiger partial charge on any atom is 0.308 e. The van der Waals surface area contributed by atoms with E-state index in [0.29, 0.717) is 13.0 Å². The van der Waals surface area contributed by atoms with Crippen molar-refractivity contribution in [1.82, 2.24) is 14.7 Å². The number of carboxylic acid groups (broad SMARTS) is 1. The van der Waals surface area contributed by atoms with Crippen LogP contribution < -0.4 is 0 Å². The molecule has 1 aromatic carbocycles. The highest BCUT2D eigenvalue weighted by Crippen LogP contribution is 2.27. The molecule has 1 aliphatic rings. The van der Waals surface area contributed by atoms with Crippen molar-refractivity contribution < 1.29 is 19.1 Å². The van der Waals surface area contributed by atoms with Crippen molar-refractivity contribution in [2.45, 2.75) is 33.2 Å². The van der Waals surface area contributed by atoms with Gasteiger partial charge in [0.05, 0.1) is 11.6 Å². The summed E-state index contributed by atoms with van der Waals surface area (Å²) >= 11 is 0. The zero-order valence-corrected chi connectivity index (χ0v) is 14.4. The van der Waals surface area contributed by atoms with Crippen LogP contribution in [0.15, 0.2) is 24.3 Å². The van der Waals surface area contributed by atoms with Gasteiger partial charge in [0.1, 0.15) is 11.5 Å². The summed E-state index contributed by atoms with van der Waals surface area (Å²) < 4.78 is 16.0. The topological polar surface area (TPSA) is 75.4 Å². The number of benzene rings is 1. The van der Waals surface area contributed by atoms with Crippen LogP contribution in [0.3, 0.4) is 0 Å². The van der Waals surface area contributed by atoms with Crippen molar-refractivity contribution >= 4 is 11.9 Å². The molecule has 0 spiro atoms. The highest BCUT2D eigenvalue weighted by atomic mass is 19.1. The molecule has 3 rings (SSSR count). The van der Waals surface area contributed by atoms with Gasteiger partial charge in [-0.15, -0.1) is 0 Å². The van der Waals surface area contributed by atoms with Crippen molar-refractivity contribution in [3.63, 3.8) is 0 Å². The van der Waals surface area contributed by atoms with E-state index in [1.807, 2.05) is 19.9 Å². The molecule has 2 aromatic rings. The van der Waals surface area contributed by atoms with Crippen molar-refractivity contribution in [3.8, 4) is 5.69 Å². The first kappa shape index (κ1) is 17.1. The monoisotopic (exact) mass is 345 g/mol. The van der Waals surface area contributed by atoms with Crippen LogP contribution in [0.1, 0.15) is 35.1 Å². The van der Waals surface area contributed by atoms with Crippen molar-refractivity contribution in [2.24, 2.45) is 5.92 Å². The standard InChI is InChI=1S/C18H20FN3O3/c1-10-8-11(2)22(20-10)16-5-4-13(9-15(16)19)17(23)21-7-6-14(12(21)3)18(24)25/h4-5,8-9,12,14H,6-7H2,1-3H3,(H,24,25). The lowest BCUT2D eigenvalue weighted by atomic mass is 10.0. The third kappa shape index (κ3) is 3.01. The zero-order valence-electron chi connectivity index (χ0n) is 14.4. The summed E-state index contributed by atoms with van der Waals surface area (Å²) in [6.07, 6.45) is 0.411. The van der Waals surface area contributed by atoms with Gasteiger partial charge in [-0.25, -0.2) is 9.07 Å². The fourth-order valence-electron chi connectivity index (χ4n) is 3.41. The van der Waals surface area contributed by atoms with E-state index in [-0.39, 0.29) is 17.2 Å². The van der Waals surface area contributed by atoms with Crippen LogP contribution in [0, 0.1) is 25.6 Å². The summed E-state index contributed by atoms with van der Waals surface area (Å²) in [6, 6.07) is 5.70. The number of rotatable bonds is 3. The Morgan fingerprint density at radius 3 is 2.52 bits per heavy atom. The van der Waals surface area contributed by atoms with Crippen LogP contribution in [0.5, 0.6) is 0 Å². The Labute approximate surface area is 144 Å². The minimum absolute atomic E-state index is 0.209. The first-order valence-electron chi connectivity index (χ1n) is 8.16. The molecule has 1 aliphatic heterocycles. The number of aliphatic carboxylic acids is 1. The molecule has 0 radical (unpaired) electrons. The number of carbonyl (C=O) groups excluding carboxylic acids is 1. The molecule has 7 heteroatoms. The van der Waals surface area contributed by atoms with Crippen molar-refractivity contribution in [2.75, 3.05) is 6.54 Å². The summed E-state index contributed by atoms with van der Waals surface area (Å²) in [5, 5.41) is 13.4. The number of hydrogen-bond acceptors (Lipinski definition) is 3. The maximum atomic E-state index is 14.5. The SMILES string of the molecule is Cc1cc(C)n(-c2ccc(C(=O)N3CCC(C(=O)O)C3C)cc2F)n1. The molecule has 1 N–H and O–H groups in total. The molecule has 6 nitrogen and oxygen atoms in total. The van der Waals surface area contributed by atoms with Gasteiger partial charge in [0, 0.05) is 23.8 Å². The molecule has 25 heavy (non-hydrogen) atoms. The van der Waals surface area contributed by atoms with Crippen LogP contribution >= 0.6 is 0 Å². The number of aryl methyl sites for hydroxylation is 2. The number of likely N-dealkylation sites (tertiary alicyclic amines) is 1. The Morgan fingerprint density at radius 2 is 2.00 bits per heavy atom. The highest BCUT2D eigenvalue weighted by molar-refractivity contribution is 5.95. The van der Waals surface area contributed by atoms with E-state index in [9.17, 15) is 19.1 Å². The second-order valence-electron chi connectivity index (χ2n) is 6.48. The minimum Gasteiger partial charge on any atom is -0.481 e. The first-order chi connectivity index (χ1) is 11.8. The lowest BCUT2D eigenvalue weighted by Crippen LogP contribution is -2.37. The molecular formula is C18H20FN3O3. The summed E-state index contributed by atoms with van der Waals surface area (Å²) in [5.74, 6) is -2.38. The smallest absolute Gasteiger partial charge is 0.308 e. The maximum absolute atomic E-state index is 14.5. The second kappa shape index (κ2) is 6.31. The highest BCUT2D eigenvalue weighted by Gasteiger charge is 2.38. The Kier molecular flexibility index (Phi) is 4.32. The van der Waals surface area contributed by atoms with Gasteiger partial charge in [-0.2, -0.15) is 5.10 Å². The van der Waals surface area contributed by atoms with Gasteiger partial charge in [0.2, 0.25) is 0 Å². The average molecular weight is 345 g/mol. The average Bonchev–Trinajstić information content (AvgIpc) is 3.08. The number of aromatic nitrogens is 2. The van der Waals surface area contributed by atoms with E-state index in [4.69, 9.17) is 0 Å². The van der Waals surface area contributed by atoms with E-state index in [1.165, 1.54) is 21.7 Å². The molecule has 2 unspecified atom stereocenters. The summed E-state index contributed by atoms with van der Waals surface area (Å²) in [4.78, 5) is 25.3. The molecule has 132 valence electrons. The number of nitrogens with zero attached hydrogens (tertiary/aromatic N) is 3. The molecular weight excluding hydrogens is 325 g/mol. The van der Waals surface area contributed by atoms with Gasteiger partial charge < -0.3 is 10.0 Å². The molecule has 0 bridgehead atoms. The van der Waals surface area contributed by atoms with Gasteiger partial charge in [-0.05, 0) is 51.5 Å². The first-order valence-corrected chi connectivity index (χ1v) is 8.16. The van der Waals surface area contributed by atoms with E-state index >= 15 is 0 Å². The molecule has 0 aliphatic carbocycles. The fraction of sp³-hybridized carbons (Fsp3) is 0.389. The molecule has 1 amide bonds. The van der Waals surface area contributed by atoms with Crippen LogP contribution in [-0.4, -0.2) is 44.3 Å². The third-order valence-corrected chi connectivity index (χ3v) is 4.77. The predicted molar refractivity (Wildman–Crippen MR) is 89.2 cm³/mol. The van der Waals surface area contributed by atoms with E-state index in [0.717, 1.165) is 11.4 Å². The summed E-state index contributed by atoms with van der Waals surface area (Å²) in [6.45, 7) is 5.73. The Hall–Kier alpha value is -2.70. The van der Waals surface area contributed by atoms with Gasteiger partial charge >= 0.3 is 5.97 Å². The molecule has 1 fully saturated rings. The van der Waals surface area contributed by atoms with Crippen LogP contribution in [0.2, 0.25) is 0 Å². The molecule has 1 aromatic heterocycles. The number of hydrogen-bond donors (Lipinski definition) is 1. The van der Waals surface area contributed by atoms with Gasteiger partial charge in [0.25, 0.3) is 5.91 Å². The summed E-state index contributed by atoms with van der Waals surface area (Å²) in [5.41, 5.74) is 2.07. The van der Waals surface area contributed by atoms with Crippen LogP contribution in [0.4, 0.5) is 4.39 Å². The van der Waals surface area contributed by atoms with E-state index in [2.05, 4.69) is 5.10 Å². The van der Waals surface area contributed by atoms with Gasteiger partial charge in [-0.3, -0.25) is 9.59 Å². The molecule has 1 saturated heterocycles. The lowest BCUT2D eigenvalue weighted by Gasteiger charge is -2.23. The predicted octanol–water partition coefficient (Wildman–Crippen LogP) is 2.56. The Balaban J connectivity index is 1.87. The quantitative estimate of drug-likeness (QED) is 0.928. The number of carbonyl (C=O) groups is 2. The summed E-state index contributed by atoms with van der Waals surface area (Å²) in [7, 11) is 0. The van der Waals surface area contributed by atoms with E-state index in [1.54, 1.807) is 13.0 Å².